The Bertz CT molecular complexity index is 769. The third kappa shape index (κ3) is 3.41. The molecule has 1 aromatic heterocycles. The molecule has 0 N–H and O–H groups in total. The van der Waals surface area contributed by atoms with Crippen LogP contribution in [0.15, 0.2) is 18.2 Å². The van der Waals surface area contributed by atoms with Gasteiger partial charge in [-0.05, 0) is 28.1 Å². The second kappa shape index (κ2) is 6.67. The summed E-state index contributed by atoms with van der Waals surface area (Å²) in [6.07, 6.45) is 0.242. The van der Waals surface area contributed by atoms with Crippen molar-refractivity contribution in [3.63, 3.8) is 0 Å². The van der Waals surface area contributed by atoms with Crippen LogP contribution in [0.3, 0.4) is 0 Å². The van der Waals surface area contributed by atoms with Crippen molar-refractivity contribution in [2.24, 2.45) is 7.05 Å². The molecule has 9 heteroatoms. The number of fused-ring (bicyclic) bond motifs is 1. The van der Waals surface area contributed by atoms with E-state index in [4.69, 9.17) is 9.47 Å². The van der Waals surface area contributed by atoms with Gasteiger partial charge in [0.25, 0.3) is 0 Å². The Kier molecular flexibility index (Phi) is 4.22. The molecule has 9 nitrogen and oxygen atoms in total. The van der Waals surface area contributed by atoms with Crippen LogP contribution in [0.4, 0.5) is 0 Å². The molecule has 2 aliphatic heterocycles. The van der Waals surface area contributed by atoms with Gasteiger partial charge in [0.15, 0.2) is 17.3 Å². The fourth-order valence-electron chi connectivity index (χ4n) is 3.10. The molecule has 0 radical (unpaired) electrons. The zero-order chi connectivity index (χ0) is 17.2. The highest BCUT2D eigenvalue weighted by atomic mass is 16.7. The van der Waals surface area contributed by atoms with Crippen molar-refractivity contribution in [3.8, 4) is 11.5 Å². The van der Waals surface area contributed by atoms with Crippen molar-refractivity contribution >= 4 is 5.91 Å². The molecular formula is C16H20N6O3. The van der Waals surface area contributed by atoms with E-state index in [1.807, 2.05) is 17.0 Å². The van der Waals surface area contributed by atoms with E-state index in [2.05, 4.69) is 26.5 Å². The maximum Gasteiger partial charge on any atom is 0.231 e. The summed E-state index contributed by atoms with van der Waals surface area (Å²) in [6, 6.07) is 6.04. The largest absolute Gasteiger partial charge is 0.454 e. The van der Waals surface area contributed by atoms with E-state index < -0.39 is 0 Å². The molecule has 132 valence electrons. The van der Waals surface area contributed by atoms with Gasteiger partial charge in [0.05, 0.1) is 6.42 Å². The van der Waals surface area contributed by atoms with E-state index >= 15 is 0 Å². The average Bonchev–Trinajstić information content (AvgIpc) is 3.24. The monoisotopic (exact) mass is 344 g/mol. The zero-order valence-electron chi connectivity index (χ0n) is 14.1. The molecule has 1 saturated heterocycles. The lowest BCUT2D eigenvalue weighted by Crippen LogP contribution is -2.48. The maximum atomic E-state index is 12.4. The molecule has 0 unspecified atom stereocenters. The highest BCUT2D eigenvalue weighted by molar-refractivity contribution is 5.78. The van der Waals surface area contributed by atoms with Crippen LogP contribution in [-0.4, -0.2) is 68.9 Å². The number of tetrazole rings is 1. The number of carbonyl (C=O) groups is 1. The normalized spacial score (nSPS) is 17.1. The van der Waals surface area contributed by atoms with E-state index in [1.165, 1.54) is 10.2 Å². The van der Waals surface area contributed by atoms with Gasteiger partial charge in [-0.1, -0.05) is 6.07 Å². The van der Waals surface area contributed by atoms with Crippen molar-refractivity contribution < 1.29 is 14.3 Å². The Morgan fingerprint density at radius 2 is 1.96 bits per heavy atom. The minimum absolute atomic E-state index is 0.0700. The van der Waals surface area contributed by atoms with Gasteiger partial charge in [0.2, 0.25) is 12.7 Å². The second-order valence-electron chi connectivity index (χ2n) is 6.24. The molecule has 0 saturated carbocycles. The number of amides is 1. The molecule has 0 aliphatic carbocycles. The molecule has 1 fully saturated rings. The Labute approximate surface area is 145 Å². The van der Waals surface area contributed by atoms with Crippen LogP contribution in [0.5, 0.6) is 11.5 Å². The summed E-state index contributed by atoms with van der Waals surface area (Å²) in [7, 11) is 1.74. The highest BCUT2D eigenvalue weighted by Gasteiger charge is 2.23. The minimum Gasteiger partial charge on any atom is -0.454 e. The minimum atomic E-state index is 0.0700. The zero-order valence-corrected chi connectivity index (χ0v) is 14.1. The van der Waals surface area contributed by atoms with Crippen LogP contribution >= 0.6 is 0 Å². The Morgan fingerprint density at radius 1 is 1.16 bits per heavy atom. The van der Waals surface area contributed by atoms with Crippen molar-refractivity contribution in [1.82, 2.24) is 30.0 Å². The highest BCUT2D eigenvalue weighted by Crippen LogP contribution is 2.32. The Hall–Kier alpha value is -2.68. The first-order valence-electron chi connectivity index (χ1n) is 8.29. The first-order valence-corrected chi connectivity index (χ1v) is 8.29. The summed E-state index contributed by atoms with van der Waals surface area (Å²) in [5, 5.41) is 11.2. The molecule has 1 aromatic carbocycles. The van der Waals surface area contributed by atoms with Gasteiger partial charge in [-0.2, -0.15) is 0 Å². The molecule has 0 bridgehead atoms. The van der Waals surface area contributed by atoms with E-state index in [-0.39, 0.29) is 12.3 Å². The quantitative estimate of drug-likeness (QED) is 0.761. The molecule has 1 amide bonds. The van der Waals surface area contributed by atoms with Gasteiger partial charge in [-0.25, -0.2) is 4.68 Å². The molecule has 0 spiro atoms. The number of aryl methyl sites for hydroxylation is 1. The smallest absolute Gasteiger partial charge is 0.231 e. The summed E-state index contributed by atoms with van der Waals surface area (Å²) in [5.41, 5.74) is 1.19. The third-order valence-corrected chi connectivity index (χ3v) is 4.59. The summed E-state index contributed by atoms with van der Waals surface area (Å²) in [4.78, 5) is 16.6. The van der Waals surface area contributed by atoms with Crippen LogP contribution in [0, 0.1) is 0 Å². The van der Waals surface area contributed by atoms with Crippen LogP contribution < -0.4 is 9.47 Å². The number of hydrogen-bond donors (Lipinski definition) is 0. The lowest BCUT2D eigenvalue weighted by molar-refractivity contribution is -0.132. The molecular weight excluding hydrogens is 324 g/mol. The average molecular weight is 344 g/mol. The van der Waals surface area contributed by atoms with Crippen LogP contribution in [-0.2, 0) is 24.8 Å². The summed E-state index contributed by atoms with van der Waals surface area (Å²) >= 11 is 0. The standard InChI is InChI=1S/C16H20N6O3/c1-20-15(17-18-19-20)9-16(23)22-6-4-21(5-7-22)10-12-2-3-13-14(8-12)25-11-24-13/h2-3,8H,4-7,9-11H2,1H3. The van der Waals surface area contributed by atoms with Gasteiger partial charge in [0.1, 0.15) is 0 Å². The van der Waals surface area contributed by atoms with Crippen molar-refractivity contribution in [2.75, 3.05) is 33.0 Å². The number of aromatic nitrogens is 4. The Morgan fingerprint density at radius 3 is 2.72 bits per heavy atom. The van der Waals surface area contributed by atoms with Crippen LogP contribution in [0.25, 0.3) is 0 Å². The lowest BCUT2D eigenvalue weighted by atomic mass is 10.1. The van der Waals surface area contributed by atoms with Crippen LogP contribution in [0.1, 0.15) is 11.4 Å². The number of benzene rings is 1. The Balaban J connectivity index is 1.29. The van der Waals surface area contributed by atoms with E-state index in [1.54, 1.807) is 7.05 Å². The predicted molar refractivity (Wildman–Crippen MR) is 86.9 cm³/mol. The number of carbonyl (C=O) groups excluding carboxylic acids is 1. The molecule has 2 aromatic rings. The van der Waals surface area contributed by atoms with Gasteiger partial charge >= 0.3 is 0 Å². The molecule has 4 rings (SSSR count). The second-order valence-corrected chi connectivity index (χ2v) is 6.24. The SMILES string of the molecule is Cn1nnnc1CC(=O)N1CCN(Cc2ccc3c(c2)OCO3)CC1. The number of ether oxygens (including phenoxy) is 2. The van der Waals surface area contributed by atoms with E-state index in [0.717, 1.165) is 31.1 Å². The predicted octanol–water partition coefficient (Wildman–Crippen LogP) is -0.174. The number of hydrogen-bond acceptors (Lipinski definition) is 7. The molecule has 25 heavy (non-hydrogen) atoms. The van der Waals surface area contributed by atoms with Gasteiger partial charge in [-0.3, -0.25) is 9.69 Å². The first kappa shape index (κ1) is 15.8. The third-order valence-electron chi connectivity index (χ3n) is 4.59. The summed E-state index contributed by atoms with van der Waals surface area (Å²) < 4.78 is 12.3. The van der Waals surface area contributed by atoms with E-state index in [0.29, 0.717) is 25.7 Å². The fourth-order valence-corrected chi connectivity index (χ4v) is 3.10. The van der Waals surface area contributed by atoms with Crippen LogP contribution in [0.2, 0.25) is 0 Å². The van der Waals surface area contributed by atoms with Gasteiger partial charge in [0, 0.05) is 39.8 Å². The topological polar surface area (TPSA) is 85.6 Å². The maximum absolute atomic E-state index is 12.4. The molecule has 2 aliphatic rings. The van der Waals surface area contributed by atoms with E-state index in [9.17, 15) is 4.79 Å². The van der Waals surface area contributed by atoms with Crippen molar-refractivity contribution in [1.29, 1.82) is 0 Å². The van der Waals surface area contributed by atoms with Crippen molar-refractivity contribution in [3.05, 3.63) is 29.6 Å². The first-order chi connectivity index (χ1) is 12.2. The van der Waals surface area contributed by atoms with Crippen molar-refractivity contribution in [2.45, 2.75) is 13.0 Å². The van der Waals surface area contributed by atoms with Gasteiger partial charge < -0.3 is 14.4 Å². The molecule has 0 atom stereocenters. The fraction of sp³-hybridized carbons (Fsp3) is 0.500. The lowest BCUT2D eigenvalue weighted by Gasteiger charge is -2.34. The van der Waals surface area contributed by atoms with Gasteiger partial charge in [-0.15, -0.1) is 5.10 Å². The molecule has 3 heterocycles. The summed E-state index contributed by atoms with van der Waals surface area (Å²) in [6.45, 7) is 4.25. The number of piperazine rings is 1. The number of nitrogens with zero attached hydrogens (tertiary/aromatic N) is 6. The number of rotatable bonds is 4. The summed E-state index contributed by atoms with van der Waals surface area (Å²) in [5.74, 6) is 2.27.